The van der Waals surface area contributed by atoms with Crippen molar-refractivity contribution >= 4 is 28.8 Å². The van der Waals surface area contributed by atoms with Crippen LogP contribution in [0.1, 0.15) is 5.56 Å². The molecule has 0 radical (unpaired) electrons. The summed E-state index contributed by atoms with van der Waals surface area (Å²) >= 11 is 2.00. The van der Waals surface area contributed by atoms with Crippen LogP contribution in [0.25, 0.3) is 0 Å². The quantitative estimate of drug-likeness (QED) is 0.758. The molecule has 1 aliphatic heterocycles. The second-order valence-corrected chi connectivity index (χ2v) is 4.53. The highest BCUT2D eigenvalue weighted by atomic mass is 127. The molecule has 1 heterocycles. The molecule has 0 N–H and O–H groups in total. The van der Waals surface area contributed by atoms with E-state index in [1.807, 2.05) is 22.6 Å². The summed E-state index contributed by atoms with van der Waals surface area (Å²) in [4.78, 5) is 3.37. The lowest BCUT2D eigenvalue weighted by Gasteiger charge is -2.18. The first kappa shape index (κ1) is 11.7. The zero-order chi connectivity index (χ0) is 12.0. The van der Waals surface area contributed by atoms with Crippen LogP contribution in [0.15, 0.2) is 23.2 Å². The maximum absolute atomic E-state index is 12.8. The third-order valence-electron chi connectivity index (χ3n) is 2.41. The molecule has 0 amide bonds. The molecule has 0 aliphatic carbocycles. The maximum atomic E-state index is 12.8. The van der Waals surface area contributed by atoms with Gasteiger partial charge in [-0.2, -0.15) is 13.2 Å². The minimum atomic E-state index is -4.38. The van der Waals surface area contributed by atoms with Crippen LogP contribution in [0, 0.1) is 3.57 Å². The molecule has 0 bridgehead atoms. The van der Waals surface area contributed by atoms with E-state index in [1.54, 1.807) is 6.07 Å². The molecule has 2 rings (SSSR count). The molecule has 1 aliphatic rings. The topological polar surface area (TPSA) is 21.6 Å². The van der Waals surface area contributed by atoms with E-state index in [0.717, 1.165) is 9.78 Å². The lowest BCUT2D eigenvalue weighted by molar-refractivity contribution is -0.156. The van der Waals surface area contributed by atoms with E-state index < -0.39 is 11.7 Å². The van der Waals surface area contributed by atoms with Crippen LogP contribution in [0.5, 0.6) is 5.75 Å². The zero-order valence-electron chi connectivity index (χ0n) is 8.18. The molecule has 0 aromatic heterocycles. The van der Waals surface area contributed by atoms with Gasteiger partial charge in [-0.05, 0) is 40.3 Å². The highest BCUT2D eigenvalue weighted by Gasteiger charge is 2.61. The van der Waals surface area contributed by atoms with Gasteiger partial charge in [0.2, 0.25) is 5.54 Å². The van der Waals surface area contributed by atoms with Crippen LogP contribution >= 0.6 is 22.6 Å². The SMILES string of the molecule is COc1cc(C2(C(F)(F)F)C=N2)ccc1I. The van der Waals surface area contributed by atoms with Crippen LogP contribution in [0.3, 0.4) is 0 Å². The molecule has 0 fully saturated rings. The molecule has 86 valence electrons. The van der Waals surface area contributed by atoms with Crippen LogP contribution in [0.2, 0.25) is 0 Å². The van der Waals surface area contributed by atoms with Crippen molar-refractivity contribution in [2.75, 3.05) is 7.11 Å². The van der Waals surface area contributed by atoms with E-state index in [-0.39, 0.29) is 5.56 Å². The zero-order valence-corrected chi connectivity index (χ0v) is 10.3. The Morgan fingerprint density at radius 3 is 2.44 bits per heavy atom. The van der Waals surface area contributed by atoms with Gasteiger partial charge in [-0.1, -0.05) is 6.07 Å². The average Bonchev–Trinajstić information content (AvgIpc) is 2.98. The lowest BCUT2D eigenvalue weighted by atomic mass is 9.97. The van der Waals surface area contributed by atoms with Gasteiger partial charge < -0.3 is 4.74 Å². The number of alkyl halides is 3. The van der Waals surface area contributed by atoms with E-state index in [0.29, 0.717) is 5.75 Å². The Hall–Kier alpha value is -0.790. The Labute approximate surface area is 104 Å². The fourth-order valence-corrected chi connectivity index (χ4v) is 1.98. The Bertz CT molecular complexity index is 450. The Balaban J connectivity index is 2.43. The summed E-state index contributed by atoms with van der Waals surface area (Å²) in [5.74, 6) is 0.428. The standard InChI is InChI=1S/C10H7F3INO/c1-16-8-4-6(2-3-7(8)14)9(5-15-9)10(11,12)13/h2-5H,1H3. The molecule has 6 heteroatoms. The third kappa shape index (κ3) is 1.68. The number of aliphatic imine (C=N–C) groups is 1. The average molecular weight is 341 g/mol. The van der Waals surface area contributed by atoms with E-state index in [4.69, 9.17) is 4.74 Å². The number of hydrogen-bond donors (Lipinski definition) is 0. The molecule has 1 aromatic rings. The molecule has 1 atom stereocenters. The second-order valence-electron chi connectivity index (χ2n) is 3.37. The minimum absolute atomic E-state index is 0.0947. The first-order valence-corrected chi connectivity index (χ1v) is 5.46. The molecule has 1 unspecified atom stereocenters. The van der Waals surface area contributed by atoms with Crippen molar-refractivity contribution in [3.8, 4) is 5.75 Å². The summed E-state index contributed by atoms with van der Waals surface area (Å²) < 4.78 is 44.0. The molecule has 0 saturated heterocycles. The van der Waals surface area contributed by atoms with E-state index in [1.165, 1.54) is 19.2 Å². The Morgan fingerprint density at radius 1 is 1.38 bits per heavy atom. The molecular formula is C10H7F3INO. The monoisotopic (exact) mass is 341 g/mol. The first-order chi connectivity index (χ1) is 7.40. The van der Waals surface area contributed by atoms with Crippen molar-refractivity contribution in [3.63, 3.8) is 0 Å². The van der Waals surface area contributed by atoms with Crippen molar-refractivity contribution in [2.24, 2.45) is 4.99 Å². The smallest absolute Gasteiger partial charge is 0.422 e. The molecule has 16 heavy (non-hydrogen) atoms. The van der Waals surface area contributed by atoms with E-state index in [2.05, 4.69) is 4.99 Å². The van der Waals surface area contributed by atoms with Gasteiger partial charge in [0.1, 0.15) is 5.75 Å². The van der Waals surface area contributed by atoms with E-state index >= 15 is 0 Å². The van der Waals surface area contributed by atoms with Crippen LogP contribution in [0.4, 0.5) is 13.2 Å². The van der Waals surface area contributed by atoms with Gasteiger partial charge in [-0.15, -0.1) is 0 Å². The number of methoxy groups -OCH3 is 1. The minimum Gasteiger partial charge on any atom is -0.496 e. The van der Waals surface area contributed by atoms with E-state index in [9.17, 15) is 13.2 Å². The van der Waals surface area contributed by atoms with Crippen molar-refractivity contribution in [1.82, 2.24) is 0 Å². The van der Waals surface area contributed by atoms with Crippen LogP contribution < -0.4 is 4.74 Å². The van der Waals surface area contributed by atoms with Crippen molar-refractivity contribution in [2.45, 2.75) is 11.7 Å². The molecule has 1 aromatic carbocycles. The summed E-state index contributed by atoms with van der Waals surface area (Å²) in [5.41, 5.74) is -2.03. The predicted molar refractivity (Wildman–Crippen MR) is 61.9 cm³/mol. The highest BCUT2D eigenvalue weighted by molar-refractivity contribution is 14.1. The third-order valence-corrected chi connectivity index (χ3v) is 3.30. The summed E-state index contributed by atoms with van der Waals surface area (Å²) in [7, 11) is 1.43. The number of hydrogen-bond acceptors (Lipinski definition) is 2. The normalized spacial score (nSPS) is 23.3. The number of halogens is 4. The molecule has 2 nitrogen and oxygen atoms in total. The van der Waals surface area contributed by atoms with Gasteiger partial charge in [0.25, 0.3) is 0 Å². The van der Waals surface area contributed by atoms with Gasteiger partial charge in [0.05, 0.1) is 10.7 Å². The fourth-order valence-electron chi connectivity index (χ4n) is 1.42. The molecular weight excluding hydrogens is 334 g/mol. The van der Waals surface area contributed by atoms with Crippen molar-refractivity contribution < 1.29 is 17.9 Å². The van der Waals surface area contributed by atoms with Gasteiger partial charge >= 0.3 is 6.18 Å². The second kappa shape index (κ2) is 3.61. The fraction of sp³-hybridized carbons (Fsp3) is 0.300. The Morgan fingerprint density at radius 2 is 2.00 bits per heavy atom. The summed E-state index contributed by atoms with van der Waals surface area (Å²) in [5, 5.41) is 0. The first-order valence-electron chi connectivity index (χ1n) is 4.38. The number of benzene rings is 1. The molecule has 0 spiro atoms. The van der Waals surface area contributed by atoms with Crippen molar-refractivity contribution in [3.05, 3.63) is 27.3 Å². The predicted octanol–water partition coefficient (Wildman–Crippen LogP) is 3.14. The number of ether oxygens (including phenoxy) is 1. The van der Waals surface area contributed by atoms with Crippen LogP contribution in [-0.2, 0) is 5.54 Å². The van der Waals surface area contributed by atoms with Crippen molar-refractivity contribution in [1.29, 1.82) is 0 Å². The summed E-state index contributed by atoms with van der Waals surface area (Å²) in [6.07, 6.45) is -3.47. The number of rotatable bonds is 2. The van der Waals surface area contributed by atoms with Gasteiger partial charge in [0.15, 0.2) is 0 Å². The molecule has 0 saturated carbocycles. The maximum Gasteiger partial charge on any atom is 0.422 e. The van der Waals surface area contributed by atoms with Gasteiger partial charge in [-0.3, -0.25) is 4.99 Å². The highest BCUT2D eigenvalue weighted by Crippen LogP contribution is 2.48. The van der Waals surface area contributed by atoms with Gasteiger partial charge in [-0.25, -0.2) is 0 Å². The largest absolute Gasteiger partial charge is 0.496 e. The summed E-state index contributed by atoms with van der Waals surface area (Å²) in [6, 6.07) is 4.39. The lowest BCUT2D eigenvalue weighted by Crippen LogP contribution is -2.31. The number of nitrogens with zero attached hydrogens (tertiary/aromatic N) is 1. The van der Waals surface area contributed by atoms with Gasteiger partial charge in [0, 0.05) is 6.21 Å². The Kier molecular flexibility index (Phi) is 2.64. The summed E-state index contributed by atoms with van der Waals surface area (Å²) in [6.45, 7) is 0. The van der Waals surface area contributed by atoms with Crippen LogP contribution in [-0.4, -0.2) is 19.5 Å².